The van der Waals surface area contributed by atoms with Crippen molar-refractivity contribution in [1.82, 2.24) is 0 Å². The third-order valence-electron chi connectivity index (χ3n) is 2.15. The molecule has 54 valence electrons. The highest BCUT2D eigenvalue weighted by atomic mass is 16.1. The van der Waals surface area contributed by atoms with Crippen LogP contribution in [-0.2, 0) is 4.79 Å². The second-order valence-corrected chi connectivity index (χ2v) is 2.80. The van der Waals surface area contributed by atoms with Crippen molar-refractivity contribution in [2.24, 2.45) is 11.8 Å². The molecule has 0 saturated carbocycles. The van der Waals surface area contributed by atoms with Crippen LogP contribution in [0.1, 0.15) is 13.8 Å². The average molecular weight is 136 g/mol. The molecule has 0 bridgehead atoms. The van der Waals surface area contributed by atoms with E-state index in [-0.39, 0.29) is 5.92 Å². The molecule has 0 heterocycles. The van der Waals surface area contributed by atoms with Gasteiger partial charge in [0.25, 0.3) is 0 Å². The Labute approximate surface area is 61.4 Å². The first-order chi connectivity index (χ1) is 4.75. The lowest BCUT2D eigenvalue weighted by Gasteiger charge is -2.18. The molecular formula is C9H12O. The first-order valence-electron chi connectivity index (χ1n) is 3.56. The van der Waals surface area contributed by atoms with Crippen molar-refractivity contribution in [3.8, 4) is 0 Å². The van der Waals surface area contributed by atoms with E-state index in [1.54, 1.807) is 0 Å². The molecule has 0 aromatic carbocycles. The van der Waals surface area contributed by atoms with E-state index in [1.807, 2.05) is 12.2 Å². The summed E-state index contributed by atoms with van der Waals surface area (Å²) in [6.07, 6.45) is 6.97. The number of allylic oxidation sites excluding steroid dienone is 4. The van der Waals surface area contributed by atoms with Crippen LogP contribution < -0.4 is 0 Å². The van der Waals surface area contributed by atoms with Crippen LogP contribution in [0, 0.1) is 11.8 Å². The SMILES string of the molecule is CC1=CC=CC(C=O)C1C. The minimum atomic E-state index is 0.102. The van der Waals surface area contributed by atoms with Crippen LogP contribution in [0.15, 0.2) is 23.8 Å². The zero-order valence-corrected chi connectivity index (χ0v) is 6.37. The van der Waals surface area contributed by atoms with Crippen molar-refractivity contribution in [3.05, 3.63) is 23.8 Å². The fraction of sp³-hybridized carbons (Fsp3) is 0.444. The molecule has 0 saturated heterocycles. The quantitative estimate of drug-likeness (QED) is 0.503. The van der Waals surface area contributed by atoms with E-state index in [2.05, 4.69) is 19.9 Å². The van der Waals surface area contributed by atoms with Gasteiger partial charge in [0.1, 0.15) is 6.29 Å². The molecule has 0 radical (unpaired) electrons. The van der Waals surface area contributed by atoms with Gasteiger partial charge in [0.15, 0.2) is 0 Å². The van der Waals surface area contributed by atoms with Gasteiger partial charge in [-0.2, -0.15) is 0 Å². The molecule has 10 heavy (non-hydrogen) atoms. The summed E-state index contributed by atoms with van der Waals surface area (Å²) in [6, 6.07) is 0. The van der Waals surface area contributed by atoms with Gasteiger partial charge in [0.2, 0.25) is 0 Å². The third kappa shape index (κ3) is 1.18. The summed E-state index contributed by atoms with van der Waals surface area (Å²) in [5, 5.41) is 0. The number of aldehydes is 1. The van der Waals surface area contributed by atoms with E-state index in [0.717, 1.165) is 6.29 Å². The molecule has 1 nitrogen and oxygen atoms in total. The Bertz CT molecular complexity index is 189. The van der Waals surface area contributed by atoms with Crippen LogP contribution >= 0.6 is 0 Å². The number of carbonyl (C=O) groups is 1. The molecule has 2 unspecified atom stereocenters. The maximum Gasteiger partial charge on any atom is 0.127 e. The van der Waals surface area contributed by atoms with Crippen molar-refractivity contribution < 1.29 is 4.79 Å². The second-order valence-electron chi connectivity index (χ2n) is 2.80. The summed E-state index contributed by atoms with van der Waals surface area (Å²) in [6.45, 7) is 4.14. The Hall–Kier alpha value is -0.850. The van der Waals surface area contributed by atoms with Crippen molar-refractivity contribution in [2.45, 2.75) is 13.8 Å². The maximum atomic E-state index is 10.4. The fourth-order valence-electron chi connectivity index (χ4n) is 1.12. The molecule has 1 rings (SSSR count). The lowest BCUT2D eigenvalue weighted by atomic mass is 9.85. The number of carbonyl (C=O) groups excluding carboxylic acids is 1. The molecule has 1 aliphatic rings. The zero-order chi connectivity index (χ0) is 7.56. The van der Waals surface area contributed by atoms with E-state index in [4.69, 9.17) is 0 Å². The Morgan fingerprint density at radius 1 is 1.60 bits per heavy atom. The van der Waals surface area contributed by atoms with Gasteiger partial charge in [-0.15, -0.1) is 0 Å². The summed E-state index contributed by atoms with van der Waals surface area (Å²) in [5.74, 6) is 0.493. The summed E-state index contributed by atoms with van der Waals surface area (Å²) >= 11 is 0. The van der Waals surface area contributed by atoms with Gasteiger partial charge in [0, 0.05) is 5.92 Å². The first-order valence-corrected chi connectivity index (χ1v) is 3.56. The van der Waals surface area contributed by atoms with E-state index in [9.17, 15) is 4.79 Å². The number of hydrogen-bond donors (Lipinski definition) is 0. The molecule has 1 aliphatic carbocycles. The third-order valence-corrected chi connectivity index (χ3v) is 2.15. The van der Waals surface area contributed by atoms with Crippen LogP contribution in [0.25, 0.3) is 0 Å². The smallest absolute Gasteiger partial charge is 0.127 e. The van der Waals surface area contributed by atoms with Crippen LogP contribution in [0.5, 0.6) is 0 Å². The van der Waals surface area contributed by atoms with Crippen molar-refractivity contribution >= 4 is 6.29 Å². The number of hydrogen-bond acceptors (Lipinski definition) is 1. The normalized spacial score (nSPS) is 31.6. The van der Waals surface area contributed by atoms with Gasteiger partial charge < -0.3 is 4.79 Å². The Kier molecular flexibility index (Phi) is 2.05. The van der Waals surface area contributed by atoms with E-state index < -0.39 is 0 Å². The lowest BCUT2D eigenvalue weighted by molar-refractivity contribution is -0.110. The van der Waals surface area contributed by atoms with E-state index >= 15 is 0 Å². The molecular weight excluding hydrogens is 124 g/mol. The van der Waals surface area contributed by atoms with Gasteiger partial charge in [-0.1, -0.05) is 30.7 Å². The number of rotatable bonds is 1. The van der Waals surface area contributed by atoms with Crippen molar-refractivity contribution in [3.63, 3.8) is 0 Å². The summed E-state index contributed by atoms with van der Waals surface area (Å²) < 4.78 is 0. The minimum absolute atomic E-state index is 0.102. The van der Waals surface area contributed by atoms with Gasteiger partial charge in [0.05, 0.1) is 0 Å². The zero-order valence-electron chi connectivity index (χ0n) is 6.37. The van der Waals surface area contributed by atoms with Crippen LogP contribution in [-0.4, -0.2) is 6.29 Å². The maximum absolute atomic E-state index is 10.4. The van der Waals surface area contributed by atoms with Crippen LogP contribution in [0.3, 0.4) is 0 Å². The summed E-state index contributed by atoms with van der Waals surface area (Å²) in [4.78, 5) is 10.4. The van der Waals surface area contributed by atoms with Gasteiger partial charge in [-0.05, 0) is 12.8 Å². The highest BCUT2D eigenvalue weighted by molar-refractivity contribution is 5.59. The Morgan fingerprint density at radius 3 is 2.80 bits per heavy atom. The first kappa shape index (κ1) is 7.26. The molecule has 2 atom stereocenters. The van der Waals surface area contributed by atoms with E-state index in [0.29, 0.717) is 5.92 Å². The van der Waals surface area contributed by atoms with Gasteiger partial charge in [-0.3, -0.25) is 0 Å². The monoisotopic (exact) mass is 136 g/mol. The molecule has 0 aromatic rings. The van der Waals surface area contributed by atoms with Crippen molar-refractivity contribution in [1.29, 1.82) is 0 Å². The standard InChI is InChI=1S/C9H12O/c1-7-4-3-5-9(6-10)8(7)2/h3-6,8-9H,1-2H3. The minimum Gasteiger partial charge on any atom is -0.303 e. The topological polar surface area (TPSA) is 17.1 Å². The van der Waals surface area contributed by atoms with Gasteiger partial charge >= 0.3 is 0 Å². The van der Waals surface area contributed by atoms with Gasteiger partial charge in [-0.25, -0.2) is 0 Å². The summed E-state index contributed by atoms with van der Waals surface area (Å²) in [7, 11) is 0. The molecule has 0 spiro atoms. The Balaban J connectivity index is 2.77. The van der Waals surface area contributed by atoms with Crippen LogP contribution in [0.2, 0.25) is 0 Å². The average Bonchev–Trinajstić information content (AvgIpc) is 1.95. The highest BCUT2D eigenvalue weighted by Crippen LogP contribution is 2.23. The molecule has 0 fully saturated rings. The predicted molar refractivity (Wildman–Crippen MR) is 41.6 cm³/mol. The Morgan fingerprint density at radius 2 is 2.30 bits per heavy atom. The largest absolute Gasteiger partial charge is 0.303 e. The lowest BCUT2D eigenvalue weighted by Crippen LogP contribution is -2.13. The predicted octanol–water partition coefficient (Wildman–Crippen LogP) is 1.95. The molecule has 0 aromatic heterocycles. The molecule has 1 heteroatoms. The van der Waals surface area contributed by atoms with Crippen LogP contribution in [0.4, 0.5) is 0 Å². The second kappa shape index (κ2) is 2.82. The van der Waals surface area contributed by atoms with Crippen molar-refractivity contribution in [2.75, 3.05) is 0 Å². The van der Waals surface area contributed by atoms with E-state index in [1.165, 1.54) is 5.57 Å². The highest BCUT2D eigenvalue weighted by Gasteiger charge is 2.16. The molecule has 0 aliphatic heterocycles. The fourth-order valence-corrected chi connectivity index (χ4v) is 1.12. The molecule has 0 amide bonds. The summed E-state index contributed by atoms with van der Waals surface area (Å²) in [5.41, 5.74) is 1.29. The molecule has 0 N–H and O–H groups in total.